The van der Waals surface area contributed by atoms with Crippen LogP contribution in [0.15, 0.2) is 24.5 Å². The van der Waals surface area contributed by atoms with Gasteiger partial charge in [-0.1, -0.05) is 6.07 Å². The first-order chi connectivity index (χ1) is 8.58. The van der Waals surface area contributed by atoms with Crippen molar-refractivity contribution < 1.29 is 0 Å². The van der Waals surface area contributed by atoms with Gasteiger partial charge in [-0.25, -0.2) is 0 Å². The van der Waals surface area contributed by atoms with Crippen LogP contribution in [0.5, 0.6) is 0 Å². The summed E-state index contributed by atoms with van der Waals surface area (Å²) in [6.45, 7) is 4.12. The van der Waals surface area contributed by atoms with E-state index < -0.39 is 0 Å². The van der Waals surface area contributed by atoms with Crippen LogP contribution in [-0.4, -0.2) is 14.8 Å². The number of nitrogens with two attached hydrogens (primary N) is 1. The van der Waals surface area contributed by atoms with Crippen molar-refractivity contribution in [2.24, 2.45) is 12.8 Å². The van der Waals surface area contributed by atoms with Crippen molar-refractivity contribution >= 4 is 0 Å². The predicted molar refractivity (Wildman–Crippen MR) is 72.2 cm³/mol. The number of aromatic nitrogens is 3. The number of pyridine rings is 1. The van der Waals surface area contributed by atoms with Gasteiger partial charge in [0, 0.05) is 31.2 Å². The molecule has 0 aliphatic heterocycles. The van der Waals surface area contributed by atoms with Gasteiger partial charge in [-0.15, -0.1) is 0 Å². The van der Waals surface area contributed by atoms with Crippen LogP contribution in [0.2, 0.25) is 0 Å². The first-order valence-electron chi connectivity index (χ1n) is 6.23. The SMILES string of the molecule is Cc1cnc(C(N)CCc2ccnn2C)c(C)c1. The Balaban J connectivity index is 2.03. The van der Waals surface area contributed by atoms with Crippen molar-refractivity contribution in [3.05, 3.63) is 47.0 Å². The van der Waals surface area contributed by atoms with Crippen LogP contribution in [-0.2, 0) is 13.5 Å². The molecule has 0 aliphatic rings. The highest BCUT2D eigenvalue weighted by Crippen LogP contribution is 2.18. The van der Waals surface area contributed by atoms with E-state index in [1.807, 2.05) is 37.1 Å². The maximum Gasteiger partial charge on any atom is 0.0600 e. The largest absolute Gasteiger partial charge is 0.323 e. The van der Waals surface area contributed by atoms with E-state index in [9.17, 15) is 0 Å². The third kappa shape index (κ3) is 2.76. The molecule has 1 atom stereocenters. The summed E-state index contributed by atoms with van der Waals surface area (Å²) in [5.74, 6) is 0. The molecule has 0 saturated carbocycles. The van der Waals surface area contributed by atoms with Gasteiger partial charge in [0.05, 0.1) is 5.69 Å². The van der Waals surface area contributed by atoms with Crippen LogP contribution in [0.4, 0.5) is 0 Å². The highest BCUT2D eigenvalue weighted by Gasteiger charge is 2.11. The molecule has 0 aliphatic carbocycles. The summed E-state index contributed by atoms with van der Waals surface area (Å²) in [4.78, 5) is 4.45. The van der Waals surface area contributed by atoms with Crippen molar-refractivity contribution in [1.82, 2.24) is 14.8 Å². The molecule has 18 heavy (non-hydrogen) atoms. The summed E-state index contributed by atoms with van der Waals surface area (Å²) in [5.41, 5.74) is 10.8. The molecule has 0 bridgehead atoms. The molecule has 2 rings (SSSR count). The lowest BCUT2D eigenvalue weighted by atomic mass is 10.0. The first kappa shape index (κ1) is 12.8. The van der Waals surface area contributed by atoms with Gasteiger partial charge in [0.1, 0.15) is 0 Å². The van der Waals surface area contributed by atoms with Gasteiger partial charge < -0.3 is 5.73 Å². The zero-order chi connectivity index (χ0) is 13.1. The number of rotatable bonds is 4. The standard InChI is InChI=1S/C14H20N4/c1-10-8-11(2)14(16-9-10)13(15)5-4-12-6-7-17-18(12)3/h6-9,13H,4-5,15H2,1-3H3. The van der Waals surface area contributed by atoms with Crippen LogP contribution in [0.3, 0.4) is 0 Å². The van der Waals surface area contributed by atoms with Crippen LogP contribution < -0.4 is 5.73 Å². The molecule has 0 aromatic carbocycles. The predicted octanol–water partition coefficient (Wildman–Crippen LogP) is 2.06. The number of hydrogen-bond acceptors (Lipinski definition) is 3. The van der Waals surface area contributed by atoms with Gasteiger partial charge in [0.25, 0.3) is 0 Å². The Bertz CT molecular complexity index is 530. The molecule has 0 amide bonds. The van der Waals surface area contributed by atoms with E-state index in [0.717, 1.165) is 18.5 Å². The van der Waals surface area contributed by atoms with Crippen molar-refractivity contribution in [2.45, 2.75) is 32.7 Å². The first-order valence-corrected chi connectivity index (χ1v) is 6.23. The van der Waals surface area contributed by atoms with Crippen molar-refractivity contribution in [1.29, 1.82) is 0 Å². The normalized spacial score (nSPS) is 12.7. The summed E-state index contributed by atoms with van der Waals surface area (Å²) < 4.78 is 1.89. The molecular weight excluding hydrogens is 224 g/mol. The van der Waals surface area contributed by atoms with Crippen LogP contribution in [0.1, 0.15) is 35.0 Å². The number of aryl methyl sites for hydroxylation is 4. The topological polar surface area (TPSA) is 56.7 Å². The molecule has 4 nitrogen and oxygen atoms in total. The molecule has 0 spiro atoms. The molecule has 4 heteroatoms. The third-order valence-corrected chi connectivity index (χ3v) is 3.24. The fourth-order valence-corrected chi connectivity index (χ4v) is 2.20. The number of hydrogen-bond donors (Lipinski definition) is 1. The second kappa shape index (κ2) is 5.31. The Morgan fingerprint density at radius 1 is 1.39 bits per heavy atom. The van der Waals surface area contributed by atoms with Gasteiger partial charge in [-0.05, 0) is 43.9 Å². The molecular formula is C14H20N4. The Morgan fingerprint density at radius 2 is 2.17 bits per heavy atom. The average Bonchev–Trinajstić information content (AvgIpc) is 2.72. The molecule has 2 heterocycles. The highest BCUT2D eigenvalue weighted by molar-refractivity contribution is 5.25. The third-order valence-electron chi connectivity index (χ3n) is 3.24. The lowest BCUT2D eigenvalue weighted by Crippen LogP contribution is -2.15. The maximum absolute atomic E-state index is 6.22. The fourth-order valence-electron chi connectivity index (χ4n) is 2.20. The summed E-state index contributed by atoms with van der Waals surface area (Å²) in [6.07, 6.45) is 5.51. The van der Waals surface area contributed by atoms with Gasteiger partial charge >= 0.3 is 0 Å². The van der Waals surface area contributed by atoms with Crippen LogP contribution >= 0.6 is 0 Å². The van der Waals surface area contributed by atoms with Crippen molar-refractivity contribution in [3.63, 3.8) is 0 Å². The Morgan fingerprint density at radius 3 is 2.78 bits per heavy atom. The van der Waals surface area contributed by atoms with E-state index >= 15 is 0 Å². The fraction of sp³-hybridized carbons (Fsp3) is 0.429. The average molecular weight is 244 g/mol. The summed E-state index contributed by atoms with van der Waals surface area (Å²) in [6, 6.07) is 4.15. The summed E-state index contributed by atoms with van der Waals surface area (Å²) in [7, 11) is 1.95. The smallest absolute Gasteiger partial charge is 0.0600 e. The second-order valence-corrected chi connectivity index (χ2v) is 4.81. The van der Waals surface area contributed by atoms with E-state index in [1.165, 1.54) is 16.8 Å². The lowest BCUT2D eigenvalue weighted by Gasteiger charge is -2.14. The van der Waals surface area contributed by atoms with E-state index in [2.05, 4.69) is 23.1 Å². The van der Waals surface area contributed by atoms with E-state index in [-0.39, 0.29) is 6.04 Å². The molecule has 2 aromatic rings. The van der Waals surface area contributed by atoms with E-state index in [4.69, 9.17) is 5.73 Å². The van der Waals surface area contributed by atoms with Gasteiger partial charge in [-0.2, -0.15) is 5.10 Å². The van der Waals surface area contributed by atoms with Crippen molar-refractivity contribution in [3.8, 4) is 0 Å². The zero-order valence-electron chi connectivity index (χ0n) is 11.2. The lowest BCUT2D eigenvalue weighted by molar-refractivity contribution is 0.599. The highest BCUT2D eigenvalue weighted by atomic mass is 15.2. The van der Waals surface area contributed by atoms with Gasteiger partial charge in [0.2, 0.25) is 0 Å². The summed E-state index contributed by atoms with van der Waals surface area (Å²) in [5, 5.41) is 4.16. The molecule has 0 fully saturated rings. The molecule has 0 radical (unpaired) electrons. The minimum Gasteiger partial charge on any atom is -0.323 e. The Kier molecular flexibility index (Phi) is 3.77. The minimum atomic E-state index is -0.0134. The Hall–Kier alpha value is -1.68. The maximum atomic E-state index is 6.22. The summed E-state index contributed by atoms with van der Waals surface area (Å²) >= 11 is 0. The van der Waals surface area contributed by atoms with Crippen LogP contribution in [0.25, 0.3) is 0 Å². The monoisotopic (exact) mass is 244 g/mol. The van der Waals surface area contributed by atoms with Crippen LogP contribution in [0, 0.1) is 13.8 Å². The van der Waals surface area contributed by atoms with Crippen molar-refractivity contribution in [2.75, 3.05) is 0 Å². The van der Waals surface area contributed by atoms with Gasteiger partial charge in [0.15, 0.2) is 0 Å². The molecule has 1 unspecified atom stereocenters. The number of nitrogens with zero attached hydrogens (tertiary/aromatic N) is 3. The quantitative estimate of drug-likeness (QED) is 0.895. The molecule has 96 valence electrons. The van der Waals surface area contributed by atoms with E-state index in [1.54, 1.807) is 0 Å². The Labute approximate surface area is 108 Å². The zero-order valence-corrected chi connectivity index (χ0v) is 11.2. The minimum absolute atomic E-state index is 0.0134. The second-order valence-electron chi connectivity index (χ2n) is 4.81. The van der Waals surface area contributed by atoms with E-state index in [0.29, 0.717) is 0 Å². The van der Waals surface area contributed by atoms with Gasteiger partial charge in [-0.3, -0.25) is 9.67 Å². The molecule has 0 saturated heterocycles. The molecule has 2 aromatic heterocycles. The molecule has 2 N–H and O–H groups in total.